The van der Waals surface area contributed by atoms with Crippen molar-refractivity contribution in [1.29, 1.82) is 0 Å². The van der Waals surface area contributed by atoms with Crippen LogP contribution in [0.2, 0.25) is 0 Å². The zero-order valence-electron chi connectivity index (χ0n) is 16.8. The van der Waals surface area contributed by atoms with E-state index >= 15 is 0 Å². The van der Waals surface area contributed by atoms with Gasteiger partial charge in [-0.15, -0.1) is 0 Å². The summed E-state index contributed by atoms with van der Waals surface area (Å²) >= 11 is 0. The molecule has 4 aromatic rings. The standard InChI is InChI=1S/C23H21N5O3/c29-23-22(28(30)31)21(20-19(25-23)9-4-10-24-20)27-13-11-26(12-14-27)15-17-7-3-6-16-5-1-2-8-18(16)17/h1-10H,11-15H2,(H,25,29). The molecule has 156 valence electrons. The summed E-state index contributed by atoms with van der Waals surface area (Å²) in [7, 11) is 0. The lowest BCUT2D eigenvalue weighted by atomic mass is 10.0. The van der Waals surface area contributed by atoms with Crippen LogP contribution in [0, 0.1) is 10.1 Å². The molecule has 0 atom stereocenters. The second-order valence-corrected chi connectivity index (χ2v) is 7.71. The SMILES string of the molecule is O=c1[nH]c2cccnc2c(N2CCN(Cc3cccc4ccccc34)CC2)c1[N+](=O)[O-]. The number of rotatable bonds is 4. The highest BCUT2D eigenvalue weighted by Gasteiger charge is 2.30. The maximum absolute atomic E-state index is 12.4. The third-order valence-corrected chi connectivity index (χ3v) is 5.86. The van der Waals surface area contributed by atoms with Crippen LogP contribution < -0.4 is 10.5 Å². The van der Waals surface area contributed by atoms with Crippen LogP contribution >= 0.6 is 0 Å². The fourth-order valence-corrected chi connectivity index (χ4v) is 4.37. The largest absolute Gasteiger partial charge is 0.361 e. The predicted molar refractivity (Wildman–Crippen MR) is 120 cm³/mol. The molecule has 0 radical (unpaired) electrons. The Bertz CT molecular complexity index is 1340. The van der Waals surface area contributed by atoms with Crippen LogP contribution in [0.1, 0.15) is 5.56 Å². The van der Waals surface area contributed by atoms with Crippen molar-refractivity contribution < 1.29 is 4.92 Å². The van der Waals surface area contributed by atoms with E-state index in [-0.39, 0.29) is 0 Å². The van der Waals surface area contributed by atoms with Crippen molar-refractivity contribution in [3.8, 4) is 0 Å². The monoisotopic (exact) mass is 415 g/mol. The highest BCUT2D eigenvalue weighted by Crippen LogP contribution is 2.32. The van der Waals surface area contributed by atoms with E-state index in [1.807, 2.05) is 17.0 Å². The van der Waals surface area contributed by atoms with Gasteiger partial charge in [-0.1, -0.05) is 42.5 Å². The average molecular weight is 415 g/mol. The van der Waals surface area contributed by atoms with E-state index in [1.54, 1.807) is 18.3 Å². The summed E-state index contributed by atoms with van der Waals surface area (Å²) < 4.78 is 0. The number of benzene rings is 2. The van der Waals surface area contributed by atoms with E-state index in [9.17, 15) is 14.9 Å². The summed E-state index contributed by atoms with van der Waals surface area (Å²) in [4.78, 5) is 34.7. The third-order valence-electron chi connectivity index (χ3n) is 5.86. The fraction of sp³-hybridized carbons (Fsp3) is 0.217. The van der Waals surface area contributed by atoms with E-state index in [1.165, 1.54) is 16.3 Å². The Hall–Kier alpha value is -3.78. The van der Waals surface area contributed by atoms with Gasteiger partial charge in [0.1, 0.15) is 11.2 Å². The van der Waals surface area contributed by atoms with E-state index in [4.69, 9.17) is 0 Å². The Morgan fingerprint density at radius 2 is 1.77 bits per heavy atom. The first kappa shape index (κ1) is 19.2. The molecule has 0 amide bonds. The van der Waals surface area contributed by atoms with Gasteiger partial charge in [-0.3, -0.25) is 24.8 Å². The molecule has 1 fully saturated rings. The van der Waals surface area contributed by atoms with Gasteiger partial charge in [-0.05, 0) is 28.5 Å². The molecule has 2 aromatic carbocycles. The molecule has 1 N–H and O–H groups in total. The minimum Gasteiger partial charge on any atom is -0.361 e. The summed E-state index contributed by atoms with van der Waals surface area (Å²) in [6.07, 6.45) is 1.59. The summed E-state index contributed by atoms with van der Waals surface area (Å²) in [6, 6.07) is 18.1. The lowest BCUT2D eigenvalue weighted by Crippen LogP contribution is -2.46. The van der Waals surface area contributed by atoms with Crippen LogP contribution in [0.3, 0.4) is 0 Å². The van der Waals surface area contributed by atoms with Gasteiger partial charge in [0, 0.05) is 38.9 Å². The average Bonchev–Trinajstić information content (AvgIpc) is 2.79. The number of nitrogens with zero attached hydrogens (tertiary/aromatic N) is 4. The summed E-state index contributed by atoms with van der Waals surface area (Å²) in [5, 5.41) is 14.1. The van der Waals surface area contributed by atoms with Gasteiger partial charge in [-0.2, -0.15) is 0 Å². The van der Waals surface area contributed by atoms with Crippen molar-refractivity contribution in [2.24, 2.45) is 0 Å². The van der Waals surface area contributed by atoms with Gasteiger partial charge in [0.15, 0.2) is 0 Å². The van der Waals surface area contributed by atoms with Gasteiger partial charge in [0.25, 0.3) is 0 Å². The van der Waals surface area contributed by atoms with Crippen LogP contribution in [-0.4, -0.2) is 46.0 Å². The van der Waals surface area contributed by atoms with Crippen LogP contribution in [-0.2, 0) is 6.54 Å². The number of aromatic amines is 1. The second kappa shape index (κ2) is 7.81. The first-order valence-corrected chi connectivity index (χ1v) is 10.2. The zero-order valence-corrected chi connectivity index (χ0v) is 16.8. The Morgan fingerprint density at radius 3 is 2.58 bits per heavy atom. The summed E-state index contributed by atoms with van der Waals surface area (Å²) in [5.74, 6) is 0. The smallest absolute Gasteiger partial charge is 0.359 e. The van der Waals surface area contributed by atoms with Crippen molar-refractivity contribution in [1.82, 2.24) is 14.9 Å². The molecule has 1 saturated heterocycles. The Labute approximate surface area is 177 Å². The molecule has 8 heteroatoms. The molecule has 0 saturated carbocycles. The molecule has 5 rings (SSSR count). The minimum absolute atomic E-state index is 0.314. The second-order valence-electron chi connectivity index (χ2n) is 7.71. The van der Waals surface area contributed by atoms with Crippen LogP contribution in [0.25, 0.3) is 21.8 Å². The van der Waals surface area contributed by atoms with Gasteiger partial charge >= 0.3 is 11.2 Å². The normalized spacial score (nSPS) is 14.9. The number of hydrogen-bond acceptors (Lipinski definition) is 6. The first-order valence-electron chi connectivity index (χ1n) is 10.2. The summed E-state index contributed by atoms with van der Waals surface area (Å²) in [6.45, 7) is 3.45. The van der Waals surface area contributed by atoms with E-state index in [0.717, 1.165) is 19.6 Å². The molecule has 2 aromatic heterocycles. The molecule has 0 unspecified atom stereocenters. The molecule has 0 aliphatic carbocycles. The van der Waals surface area contributed by atoms with Crippen molar-refractivity contribution in [2.45, 2.75) is 6.54 Å². The van der Waals surface area contributed by atoms with Crippen LogP contribution in [0.5, 0.6) is 0 Å². The molecule has 31 heavy (non-hydrogen) atoms. The van der Waals surface area contributed by atoms with Gasteiger partial charge < -0.3 is 9.88 Å². The van der Waals surface area contributed by atoms with E-state index in [2.05, 4.69) is 45.2 Å². The summed E-state index contributed by atoms with van der Waals surface area (Å²) in [5.41, 5.74) is 1.41. The fourth-order valence-electron chi connectivity index (χ4n) is 4.37. The molecular formula is C23H21N5O3. The maximum atomic E-state index is 12.4. The van der Waals surface area contributed by atoms with Crippen molar-refractivity contribution in [2.75, 3.05) is 31.1 Å². The number of nitrogens with one attached hydrogen (secondary N) is 1. The first-order chi connectivity index (χ1) is 15.1. The van der Waals surface area contributed by atoms with Crippen LogP contribution in [0.4, 0.5) is 11.4 Å². The lowest BCUT2D eigenvalue weighted by Gasteiger charge is -2.36. The number of pyridine rings is 2. The van der Waals surface area contributed by atoms with Gasteiger partial charge in [0.05, 0.1) is 10.4 Å². The predicted octanol–water partition coefficient (Wildman–Crippen LogP) is 3.31. The Balaban J connectivity index is 1.42. The zero-order chi connectivity index (χ0) is 21.4. The molecule has 1 aliphatic rings. The van der Waals surface area contributed by atoms with E-state index < -0.39 is 16.2 Å². The number of piperazine rings is 1. The Kier molecular flexibility index (Phi) is 4.83. The van der Waals surface area contributed by atoms with Crippen molar-refractivity contribution in [3.05, 3.63) is 86.8 Å². The number of hydrogen-bond donors (Lipinski definition) is 1. The number of H-pyrrole nitrogens is 1. The maximum Gasteiger partial charge on any atom is 0.359 e. The van der Waals surface area contributed by atoms with Gasteiger partial charge in [-0.25, -0.2) is 0 Å². The third kappa shape index (κ3) is 3.51. The number of anilines is 1. The van der Waals surface area contributed by atoms with Gasteiger partial charge in [0.2, 0.25) is 0 Å². The van der Waals surface area contributed by atoms with Crippen molar-refractivity contribution >= 4 is 33.2 Å². The molecule has 8 nitrogen and oxygen atoms in total. The number of aromatic nitrogens is 2. The Morgan fingerprint density at radius 1 is 1.00 bits per heavy atom. The molecule has 3 heterocycles. The molecular weight excluding hydrogens is 394 g/mol. The molecule has 0 spiro atoms. The van der Waals surface area contributed by atoms with Crippen LogP contribution in [0.15, 0.2) is 65.6 Å². The van der Waals surface area contributed by atoms with Crippen molar-refractivity contribution in [3.63, 3.8) is 0 Å². The highest BCUT2D eigenvalue weighted by molar-refractivity contribution is 5.93. The van der Waals surface area contributed by atoms with E-state index in [0.29, 0.717) is 29.8 Å². The quantitative estimate of drug-likeness (QED) is 0.406. The number of nitro groups is 1. The lowest BCUT2D eigenvalue weighted by molar-refractivity contribution is -0.385. The molecule has 1 aliphatic heterocycles. The minimum atomic E-state index is -0.696. The molecule has 0 bridgehead atoms. The topological polar surface area (TPSA) is 95.4 Å². The highest BCUT2D eigenvalue weighted by atomic mass is 16.6. The number of fused-ring (bicyclic) bond motifs is 2.